The number of aliphatic imine (C=N–C) groups is 1. The lowest BCUT2D eigenvalue weighted by Gasteiger charge is -2.17. The van der Waals surface area contributed by atoms with Crippen molar-refractivity contribution in [2.24, 2.45) is 4.99 Å². The molecule has 0 aromatic heterocycles. The smallest absolute Gasteiger partial charge is 0.131 e. The summed E-state index contributed by atoms with van der Waals surface area (Å²) in [4.78, 5) is 6.79. The van der Waals surface area contributed by atoms with Crippen molar-refractivity contribution in [2.75, 3.05) is 26.7 Å². The normalized spacial score (nSPS) is 11.7. The molecule has 142 valence electrons. The number of allylic oxidation sites excluding steroid dienone is 2. The van der Waals surface area contributed by atoms with Crippen molar-refractivity contribution in [1.29, 1.82) is 0 Å². The van der Waals surface area contributed by atoms with Gasteiger partial charge in [-0.1, -0.05) is 31.7 Å². The van der Waals surface area contributed by atoms with Gasteiger partial charge in [-0.2, -0.15) is 0 Å². The summed E-state index contributed by atoms with van der Waals surface area (Å²) < 4.78 is 14.7. The van der Waals surface area contributed by atoms with E-state index in [0.29, 0.717) is 12.1 Å². The van der Waals surface area contributed by atoms with Gasteiger partial charge >= 0.3 is 0 Å². The van der Waals surface area contributed by atoms with Crippen LogP contribution in [0, 0.1) is 5.82 Å². The molecule has 0 aliphatic carbocycles. The molecule has 0 aliphatic rings. The Balaban J connectivity index is 3.06. The average Bonchev–Trinajstić information content (AvgIpc) is 2.59. The van der Waals surface area contributed by atoms with E-state index in [1.807, 2.05) is 19.9 Å². The predicted molar refractivity (Wildman–Crippen MR) is 114 cm³/mol. The van der Waals surface area contributed by atoms with E-state index in [2.05, 4.69) is 43.6 Å². The number of halogens is 1. The Morgan fingerprint density at radius 3 is 2.42 bits per heavy atom. The number of hydrogen-bond acceptors (Lipinski definition) is 2. The van der Waals surface area contributed by atoms with E-state index in [9.17, 15) is 4.39 Å². The molecule has 0 saturated carbocycles. The number of hydrogen-bond donors (Lipinski definition) is 0. The first-order valence-electron chi connectivity index (χ1n) is 9.30. The second kappa shape index (κ2) is 10.9. The zero-order valence-electron chi connectivity index (χ0n) is 16.9. The summed E-state index contributed by atoms with van der Waals surface area (Å²) in [5.41, 5.74) is 4.81. The van der Waals surface area contributed by atoms with Gasteiger partial charge in [0.15, 0.2) is 0 Å². The van der Waals surface area contributed by atoms with Crippen LogP contribution < -0.4 is 0 Å². The van der Waals surface area contributed by atoms with Gasteiger partial charge in [-0.05, 0) is 76.5 Å². The Labute approximate surface area is 158 Å². The second-order valence-electron chi connectivity index (χ2n) is 6.88. The maximum absolute atomic E-state index is 14.7. The maximum Gasteiger partial charge on any atom is 0.131 e. The van der Waals surface area contributed by atoms with Crippen molar-refractivity contribution in [2.45, 2.75) is 40.0 Å². The van der Waals surface area contributed by atoms with Crippen LogP contribution in [0.25, 0.3) is 11.1 Å². The summed E-state index contributed by atoms with van der Waals surface area (Å²) >= 11 is 0. The third kappa shape index (κ3) is 6.38. The van der Waals surface area contributed by atoms with E-state index in [0.717, 1.165) is 60.3 Å². The van der Waals surface area contributed by atoms with Gasteiger partial charge in [0.25, 0.3) is 0 Å². The Morgan fingerprint density at radius 1 is 1.15 bits per heavy atom. The Kier molecular flexibility index (Phi) is 9.22. The molecule has 1 rings (SSSR count). The van der Waals surface area contributed by atoms with Gasteiger partial charge in [-0.15, -0.1) is 6.58 Å². The van der Waals surface area contributed by atoms with Crippen LogP contribution in [0.5, 0.6) is 0 Å². The molecule has 0 unspecified atom stereocenters. The SMILES string of the molecule is C=CCN=C(C)c1cc(C(=C)CCCN(C)CCC)c(F)cc1C(=C)C. The van der Waals surface area contributed by atoms with E-state index < -0.39 is 0 Å². The molecular weight excluding hydrogens is 323 g/mol. The van der Waals surface area contributed by atoms with Crippen molar-refractivity contribution in [3.8, 4) is 0 Å². The van der Waals surface area contributed by atoms with Crippen molar-refractivity contribution in [3.63, 3.8) is 0 Å². The van der Waals surface area contributed by atoms with Crippen LogP contribution in [0.2, 0.25) is 0 Å². The highest BCUT2D eigenvalue weighted by Gasteiger charge is 2.14. The zero-order chi connectivity index (χ0) is 19.7. The fourth-order valence-corrected chi connectivity index (χ4v) is 2.97. The summed E-state index contributed by atoms with van der Waals surface area (Å²) in [6.07, 6.45) is 4.64. The molecule has 0 bridgehead atoms. The van der Waals surface area contributed by atoms with Crippen molar-refractivity contribution in [1.82, 2.24) is 4.90 Å². The zero-order valence-corrected chi connectivity index (χ0v) is 16.9. The molecule has 0 atom stereocenters. The molecule has 1 aromatic carbocycles. The van der Waals surface area contributed by atoms with E-state index in [-0.39, 0.29) is 5.82 Å². The van der Waals surface area contributed by atoms with Gasteiger partial charge in [-0.25, -0.2) is 4.39 Å². The molecule has 0 amide bonds. The number of nitrogens with zero attached hydrogens (tertiary/aromatic N) is 2. The highest BCUT2D eigenvalue weighted by Crippen LogP contribution is 2.28. The van der Waals surface area contributed by atoms with E-state index in [1.165, 1.54) is 0 Å². The molecule has 0 heterocycles. The number of rotatable bonds is 11. The van der Waals surface area contributed by atoms with Crippen LogP contribution in [-0.4, -0.2) is 37.3 Å². The van der Waals surface area contributed by atoms with Crippen molar-refractivity contribution < 1.29 is 4.39 Å². The molecule has 0 saturated heterocycles. The minimum atomic E-state index is -0.241. The Bertz CT molecular complexity index is 686. The summed E-state index contributed by atoms with van der Waals surface area (Å²) in [5.74, 6) is -0.241. The van der Waals surface area contributed by atoms with Crippen LogP contribution in [0.15, 0.2) is 42.9 Å². The van der Waals surface area contributed by atoms with Gasteiger partial charge in [0.2, 0.25) is 0 Å². The van der Waals surface area contributed by atoms with E-state index in [4.69, 9.17) is 0 Å². The molecule has 26 heavy (non-hydrogen) atoms. The Hall–Kier alpha value is -2.00. The standard InChI is InChI=1S/C23H33FN2/c1-8-12-25-19(6)22-15-21(23(24)16-20(22)17(3)4)18(5)11-10-14-26(7)13-9-2/h8,15-16H,1,3,5,9-14H2,2,4,6-7H3. The molecule has 2 nitrogen and oxygen atoms in total. The van der Waals surface area contributed by atoms with Crippen LogP contribution in [-0.2, 0) is 0 Å². The quantitative estimate of drug-likeness (QED) is 0.351. The highest BCUT2D eigenvalue weighted by atomic mass is 19.1. The second-order valence-corrected chi connectivity index (χ2v) is 6.88. The fourth-order valence-electron chi connectivity index (χ4n) is 2.97. The van der Waals surface area contributed by atoms with Crippen LogP contribution >= 0.6 is 0 Å². The lowest BCUT2D eigenvalue weighted by Crippen LogP contribution is -2.20. The van der Waals surface area contributed by atoms with Crippen molar-refractivity contribution >= 4 is 16.9 Å². The van der Waals surface area contributed by atoms with Gasteiger partial charge in [-0.3, -0.25) is 4.99 Å². The fraction of sp³-hybridized carbons (Fsp3) is 0.435. The summed E-state index contributed by atoms with van der Waals surface area (Å²) in [6, 6.07) is 3.44. The maximum atomic E-state index is 14.7. The summed E-state index contributed by atoms with van der Waals surface area (Å²) in [5, 5.41) is 0. The van der Waals surface area contributed by atoms with Gasteiger partial charge in [0, 0.05) is 16.8 Å². The topological polar surface area (TPSA) is 15.6 Å². The minimum Gasteiger partial charge on any atom is -0.306 e. The Morgan fingerprint density at radius 2 is 1.85 bits per heavy atom. The predicted octanol–water partition coefficient (Wildman–Crippen LogP) is 5.99. The molecule has 0 spiro atoms. The molecule has 0 N–H and O–H groups in total. The average molecular weight is 357 g/mol. The number of benzene rings is 1. The van der Waals surface area contributed by atoms with Gasteiger partial charge in [0.1, 0.15) is 5.82 Å². The van der Waals surface area contributed by atoms with E-state index >= 15 is 0 Å². The van der Waals surface area contributed by atoms with Crippen LogP contribution in [0.1, 0.15) is 56.7 Å². The van der Waals surface area contributed by atoms with Gasteiger partial charge in [0.05, 0.1) is 6.54 Å². The lowest BCUT2D eigenvalue weighted by molar-refractivity contribution is 0.332. The third-order valence-corrected chi connectivity index (χ3v) is 4.42. The molecule has 0 aliphatic heterocycles. The molecule has 0 fully saturated rings. The molecular formula is C23H33FN2. The highest BCUT2D eigenvalue weighted by molar-refractivity contribution is 6.03. The molecule has 3 heteroatoms. The molecule has 1 aromatic rings. The molecule has 0 radical (unpaired) electrons. The first-order valence-corrected chi connectivity index (χ1v) is 9.30. The van der Waals surface area contributed by atoms with Crippen LogP contribution in [0.4, 0.5) is 4.39 Å². The lowest BCUT2D eigenvalue weighted by atomic mass is 9.92. The summed E-state index contributed by atoms with van der Waals surface area (Å²) in [7, 11) is 2.12. The van der Waals surface area contributed by atoms with Crippen molar-refractivity contribution in [3.05, 3.63) is 60.5 Å². The largest absolute Gasteiger partial charge is 0.306 e. The monoisotopic (exact) mass is 356 g/mol. The summed E-state index contributed by atoms with van der Waals surface area (Å²) in [6.45, 7) is 20.4. The van der Waals surface area contributed by atoms with E-state index in [1.54, 1.807) is 12.1 Å². The van der Waals surface area contributed by atoms with Gasteiger partial charge < -0.3 is 4.90 Å². The minimum absolute atomic E-state index is 0.241. The first kappa shape index (κ1) is 22.0. The third-order valence-electron chi connectivity index (χ3n) is 4.42. The van der Waals surface area contributed by atoms with Crippen LogP contribution in [0.3, 0.4) is 0 Å². The first-order chi connectivity index (χ1) is 12.3.